The molecule has 2 aromatic carbocycles. The molecule has 0 unspecified atom stereocenters. The molecule has 0 saturated carbocycles. The van der Waals surface area contributed by atoms with Crippen LogP contribution in [0.15, 0.2) is 51.5 Å². The van der Waals surface area contributed by atoms with Crippen LogP contribution in [-0.4, -0.2) is 13.0 Å². The molecule has 0 fully saturated rings. The van der Waals surface area contributed by atoms with Gasteiger partial charge in [-0.15, -0.1) is 0 Å². The molecule has 0 atom stereocenters. The van der Waals surface area contributed by atoms with Crippen molar-refractivity contribution >= 4 is 21.4 Å². The largest absolute Gasteiger partial charge is 0.416 e. The van der Waals surface area contributed by atoms with E-state index in [1.807, 2.05) is 0 Å². The smallest absolute Gasteiger partial charge is 0.267 e. The number of nitrogens with two attached hydrogens (primary N) is 1. The van der Waals surface area contributed by atoms with Crippen molar-refractivity contribution in [3.63, 3.8) is 0 Å². The molecule has 11 heteroatoms. The molecule has 0 radical (unpaired) electrons. The molecule has 0 spiro atoms. The van der Waals surface area contributed by atoms with Crippen LogP contribution in [0.1, 0.15) is 11.1 Å². The van der Waals surface area contributed by atoms with Crippen molar-refractivity contribution in [3.05, 3.63) is 68.4 Å². The van der Waals surface area contributed by atoms with Crippen molar-refractivity contribution in [1.29, 1.82) is 0 Å². The number of aryl methyl sites for hydroxylation is 1. The Morgan fingerprint density at radius 1 is 1.11 bits per heavy atom. The molecular formula is C17H12F4N2O3S2. The van der Waals surface area contributed by atoms with Gasteiger partial charge < -0.3 is 0 Å². The van der Waals surface area contributed by atoms with Crippen LogP contribution in [0.5, 0.6) is 0 Å². The normalized spacial score (nSPS) is 12.4. The highest BCUT2D eigenvalue weighted by molar-refractivity contribution is 7.89. The zero-order valence-corrected chi connectivity index (χ0v) is 15.8. The Kier molecular flexibility index (Phi) is 4.94. The molecule has 1 heterocycles. The molecule has 3 aromatic rings. The van der Waals surface area contributed by atoms with E-state index >= 15 is 0 Å². The summed E-state index contributed by atoms with van der Waals surface area (Å²) < 4.78 is 77.4. The van der Waals surface area contributed by atoms with E-state index < -0.39 is 37.3 Å². The summed E-state index contributed by atoms with van der Waals surface area (Å²) in [6, 6.07) is 6.43. The van der Waals surface area contributed by atoms with Crippen molar-refractivity contribution < 1.29 is 26.0 Å². The predicted octanol–water partition coefficient (Wildman–Crippen LogP) is 3.68. The van der Waals surface area contributed by atoms with Crippen molar-refractivity contribution in [2.24, 2.45) is 5.14 Å². The van der Waals surface area contributed by atoms with Gasteiger partial charge in [-0.2, -0.15) is 13.2 Å². The van der Waals surface area contributed by atoms with Gasteiger partial charge in [-0.1, -0.05) is 23.5 Å². The van der Waals surface area contributed by atoms with E-state index in [1.54, 1.807) is 0 Å². The van der Waals surface area contributed by atoms with Crippen molar-refractivity contribution in [1.82, 2.24) is 4.57 Å². The molecule has 0 aliphatic carbocycles. The van der Waals surface area contributed by atoms with Crippen LogP contribution < -0.4 is 10.0 Å². The molecule has 0 aliphatic rings. The predicted molar refractivity (Wildman–Crippen MR) is 96.4 cm³/mol. The van der Waals surface area contributed by atoms with Gasteiger partial charge in [0.15, 0.2) is 0 Å². The third-order valence-electron chi connectivity index (χ3n) is 4.01. The first kappa shape index (κ1) is 20.2. The summed E-state index contributed by atoms with van der Waals surface area (Å²) in [6.45, 7) is 1.30. The Bertz CT molecular complexity index is 1230. The Balaban J connectivity index is 2.20. The fourth-order valence-electron chi connectivity index (χ4n) is 2.70. The number of thiazole rings is 1. The van der Waals surface area contributed by atoms with Gasteiger partial charge in [0.25, 0.3) is 0 Å². The van der Waals surface area contributed by atoms with Crippen molar-refractivity contribution in [2.75, 3.05) is 0 Å². The number of hydrogen-bond acceptors (Lipinski definition) is 4. The molecule has 3 rings (SSSR count). The summed E-state index contributed by atoms with van der Waals surface area (Å²) in [7, 11) is -4.28. The molecule has 5 nitrogen and oxygen atoms in total. The average Bonchev–Trinajstić information content (AvgIpc) is 2.94. The lowest BCUT2D eigenvalue weighted by Crippen LogP contribution is -2.15. The second-order valence-corrected chi connectivity index (χ2v) is 8.26. The minimum absolute atomic E-state index is 0.00960. The van der Waals surface area contributed by atoms with Gasteiger partial charge in [-0.05, 0) is 36.8 Å². The van der Waals surface area contributed by atoms with Crippen LogP contribution in [0.4, 0.5) is 17.6 Å². The number of hydrogen-bond donors (Lipinski definition) is 1. The average molecular weight is 432 g/mol. The van der Waals surface area contributed by atoms with Gasteiger partial charge >= 0.3 is 11.0 Å². The van der Waals surface area contributed by atoms with E-state index in [2.05, 4.69) is 0 Å². The Labute approximate surface area is 160 Å². The maximum absolute atomic E-state index is 14.2. The fourth-order valence-corrected chi connectivity index (χ4v) is 4.05. The van der Waals surface area contributed by atoms with Crippen molar-refractivity contribution in [2.45, 2.75) is 18.0 Å². The van der Waals surface area contributed by atoms with E-state index in [0.717, 1.165) is 22.8 Å². The van der Waals surface area contributed by atoms with Crippen LogP contribution >= 0.6 is 11.3 Å². The van der Waals surface area contributed by atoms with Crippen LogP contribution in [0, 0.1) is 12.7 Å². The van der Waals surface area contributed by atoms with Gasteiger partial charge in [-0.3, -0.25) is 9.36 Å². The quantitative estimate of drug-likeness (QED) is 0.641. The number of primary sulfonamides is 1. The summed E-state index contributed by atoms with van der Waals surface area (Å²) in [6.07, 6.45) is -4.61. The van der Waals surface area contributed by atoms with Gasteiger partial charge in [0, 0.05) is 10.9 Å². The second-order valence-electron chi connectivity index (χ2n) is 5.91. The molecule has 148 valence electrons. The zero-order chi connectivity index (χ0) is 20.9. The highest BCUT2D eigenvalue weighted by Gasteiger charge is 2.33. The van der Waals surface area contributed by atoms with Crippen LogP contribution in [-0.2, 0) is 16.2 Å². The Hall–Kier alpha value is -2.50. The minimum Gasteiger partial charge on any atom is -0.267 e. The number of alkyl halides is 3. The summed E-state index contributed by atoms with van der Waals surface area (Å²) in [5, 5.41) is 6.26. The Morgan fingerprint density at radius 2 is 1.79 bits per heavy atom. The van der Waals surface area contributed by atoms with Gasteiger partial charge in [0.2, 0.25) is 10.0 Å². The fraction of sp³-hybridized carbons (Fsp3) is 0.118. The van der Waals surface area contributed by atoms with E-state index in [4.69, 9.17) is 5.14 Å². The third-order valence-corrected chi connectivity index (χ3v) is 5.68. The first-order chi connectivity index (χ1) is 12.9. The van der Waals surface area contributed by atoms with Crippen molar-refractivity contribution in [3.8, 4) is 16.9 Å². The Morgan fingerprint density at radius 3 is 2.36 bits per heavy atom. The SMILES string of the molecule is Cc1ccc(-n2c(-c3ccc(S(N)(=O)=O)c(F)c3)csc2=O)cc1C(F)(F)F. The maximum Gasteiger partial charge on any atom is 0.416 e. The lowest BCUT2D eigenvalue weighted by Gasteiger charge is -2.14. The standard InChI is InChI=1S/C17H12F4N2O3S2/c1-9-2-4-11(7-12(9)17(19,20)21)23-14(8-27-16(23)24)10-3-5-15(13(18)6-10)28(22,25)26/h2-8H,1H3,(H2,22,25,26). The zero-order valence-electron chi connectivity index (χ0n) is 14.1. The van der Waals surface area contributed by atoms with Gasteiger partial charge in [0.05, 0.1) is 16.9 Å². The van der Waals surface area contributed by atoms with E-state index in [1.165, 1.54) is 30.5 Å². The monoisotopic (exact) mass is 432 g/mol. The van der Waals surface area contributed by atoms with Crippen LogP contribution in [0.3, 0.4) is 0 Å². The summed E-state index contributed by atoms with van der Waals surface area (Å²) in [5.41, 5.74) is -0.728. The topological polar surface area (TPSA) is 82.2 Å². The molecule has 28 heavy (non-hydrogen) atoms. The number of benzene rings is 2. The number of halogens is 4. The number of sulfonamides is 1. The molecular weight excluding hydrogens is 420 g/mol. The molecule has 0 aliphatic heterocycles. The molecule has 0 amide bonds. The van der Waals surface area contributed by atoms with E-state index in [0.29, 0.717) is 11.3 Å². The second kappa shape index (κ2) is 6.83. The summed E-state index contributed by atoms with van der Waals surface area (Å²) in [4.78, 5) is 11.0. The lowest BCUT2D eigenvalue weighted by molar-refractivity contribution is -0.138. The van der Waals surface area contributed by atoms with E-state index in [9.17, 15) is 30.8 Å². The lowest BCUT2D eigenvalue weighted by atomic mass is 10.1. The number of rotatable bonds is 3. The summed E-state index contributed by atoms with van der Waals surface area (Å²) >= 11 is 0.715. The third kappa shape index (κ3) is 3.73. The number of nitrogens with zero attached hydrogens (tertiary/aromatic N) is 1. The number of aromatic nitrogens is 1. The van der Waals surface area contributed by atoms with E-state index in [-0.39, 0.29) is 22.5 Å². The minimum atomic E-state index is -4.61. The summed E-state index contributed by atoms with van der Waals surface area (Å²) in [5.74, 6) is -1.13. The molecule has 1 aromatic heterocycles. The van der Waals surface area contributed by atoms with Gasteiger partial charge in [-0.25, -0.2) is 17.9 Å². The first-order valence-corrected chi connectivity index (χ1v) is 10.0. The van der Waals surface area contributed by atoms with Gasteiger partial charge in [0.1, 0.15) is 10.7 Å². The highest BCUT2D eigenvalue weighted by atomic mass is 32.2. The maximum atomic E-state index is 14.2. The first-order valence-electron chi connectivity index (χ1n) is 7.61. The molecule has 2 N–H and O–H groups in total. The van der Waals surface area contributed by atoms with Crippen LogP contribution in [0.2, 0.25) is 0 Å². The highest BCUT2D eigenvalue weighted by Crippen LogP contribution is 2.34. The molecule has 0 saturated heterocycles. The molecule has 0 bridgehead atoms. The van der Waals surface area contributed by atoms with Crippen LogP contribution in [0.25, 0.3) is 16.9 Å².